The van der Waals surface area contributed by atoms with Crippen molar-refractivity contribution in [3.63, 3.8) is 0 Å². The monoisotopic (exact) mass is 295 g/mol. The van der Waals surface area contributed by atoms with Crippen LogP contribution in [0.15, 0.2) is 23.4 Å². The molecule has 20 heavy (non-hydrogen) atoms. The molecule has 0 aliphatic carbocycles. The van der Waals surface area contributed by atoms with E-state index in [0.29, 0.717) is 5.11 Å². The summed E-state index contributed by atoms with van der Waals surface area (Å²) in [6.45, 7) is 7.32. The minimum atomic E-state index is 0.546. The van der Waals surface area contributed by atoms with Crippen LogP contribution in [0.3, 0.4) is 0 Å². The Hall–Kier alpha value is -1.44. The molecule has 0 amide bonds. The molecule has 0 spiro atoms. The Bertz CT molecular complexity index is 440. The van der Waals surface area contributed by atoms with E-state index in [1.54, 1.807) is 0 Å². The zero-order valence-electron chi connectivity index (χ0n) is 11.7. The maximum atomic E-state index is 5.31. The minimum Gasteiger partial charge on any atom is -0.379 e. The fourth-order valence-corrected chi connectivity index (χ4v) is 2.09. The quantitative estimate of drug-likeness (QED) is 0.420. The molecule has 0 bridgehead atoms. The van der Waals surface area contributed by atoms with Crippen molar-refractivity contribution in [3.05, 3.63) is 24.0 Å². The molecule has 7 heteroatoms. The van der Waals surface area contributed by atoms with Crippen molar-refractivity contribution in [1.29, 1.82) is 0 Å². The third-order valence-electron chi connectivity index (χ3n) is 3.13. The topological polar surface area (TPSA) is 64.7 Å². The van der Waals surface area contributed by atoms with Gasteiger partial charge in [-0.05, 0) is 31.3 Å². The predicted octanol–water partition coefficient (Wildman–Crippen LogP) is 0.535. The van der Waals surface area contributed by atoms with E-state index in [2.05, 4.69) is 25.7 Å². The first kappa shape index (κ1) is 15.0. The van der Waals surface area contributed by atoms with E-state index in [9.17, 15) is 0 Å². The van der Waals surface area contributed by atoms with Gasteiger partial charge < -0.3 is 15.0 Å². The average molecular weight is 295 g/mol. The standard InChI is InChI=1S/C13H21N5OS/c1-11(12-3-2-4-14-12)16-17-13(20)15-5-6-18-7-9-19-10-8-18/h2-4,14H,5-10H2,1H3,(H2,15,17,20)/b16-11+. The van der Waals surface area contributed by atoms with Gasteiger partial charge in [0.25, 0.3) is 0 Å². The maximum absolute atomic E-state index is 5.31. The van der Waals surface area contributed by atoms with Crippen molar-refractivity contribution in [2.75, 3.05) is 39.4 Å². The third-order valence-corrected chi connectivity index (χ3v) is 3.37. The van der Waals surface area contributed by atoms with Crippen LogP contribution in [0.5, 0.6) is 0 Å². The normalized spacial score (nSPS) is 16.9. The minimum absolute atomic E-state index is 0.546. The third kappa shape index (κ3) is 4.92. The summed E-state index contributed by atoms with van der Waals surface area (Å²) in [7, 11) is 0. The molecular formula is C13H21N5OS. The Morgan fingerprint density at radius 2 is 2.30 bits per heavy atom. The first-order valence-electron chi connectivity index (χ1n) is 6.77. The van der Waals surface area contributed by atoms with E-state index >= 15 is 0 Å². The van der Waals surface area contributed by atoms with Gasteiger partial charge in [-0.2, -0.15) is 5.10 Å². The van der Waals surface area contributed by atoms with Crippen LogP contribution in [0, 0.1) is 0 Å². The van der Waals surface area contributed by atoms with Crippen LogP contribution in [0.25, 0.3) is 0 Å². The zero-order chi connectivity index (χ0) is 14.2. The zero-order valence-corrected chi connectivity index (χ0v) is 12.5. The number of ether oxygens (including phenoxy) is 1. The van der Waals surface area contributed by atoms with E-state index in [-0.39, 0.29) is 0 Å². The van der Waals surface area contributed by atoms with Crippen molar-refractivity contribution in [2.45, 2.75) is 6.92 Å². The summed E-state index contributed by atoms with van der Waals surface area (Å²) in [5.74, 6) is 0. The van der Waals surface area contributed by atoms with Gasteiger partial charge in [0.1, 0.15) is 0 Å². The number of hydrogen-bond donors (Lipinski definition) is 3. The Labute approximate surface area is 124 Å². The number of aromatic amines is 1. The molecule has 1 aromatic rings. The predicted molar refractivity (Wildman–Crippen MR) is 84.0 cm³/mol. The highest BCUT2D eigenvalue weighted by atomic mass is 32.1. The van der Waals surface area contributed by atoms with Gasteiger partial charge in [-0.3, -0.25) is 10.3 Å². The van der Waals surface area contributed by atoms with Gasteiger partial charge in [0.2, 0.25) is 0 Å². The maximum Gasteiger partial charge on any atom is 0.187 e. The summed E-state index contributed by atoms with van der Waals surface area (Å²) in [6.07, 6.45) is 1.87. The first-order valence-corrected chi connectivity index (χ1v) is 7.18. The molecule has 1 aliphatic rings. The summed E-state index contributed by atoms with van der Waals surface area (Å²) < 4.78 is 5.31. The van der Waals surface area contributed by atoms with E-state index in [1.807, 2.05) is 25.3 Å². The van der Waals surface area contributed by atoms with Crippen LogP contribution in [-0.2, 0) is 4.74 Å². The number of nitrogens with one attached hydrogen (secondary N) is 3. The molecule has 1 aromatic heterocycles. The summed E-state index contributed by atoms with van der Waals surface area (Å²) in [6, 6.07) is 3.91. The second kappa shape index (κ2) is 7.98. The Morgan fingerprint density at radius 1 is 1.50 bits per heavy atom. The number of thiocarbonyl (C=S) groups is 1. The number of aromatic nitrogens is 1. The lowest BCUT2D eigenvalue weighted by atomic mass is 10.3. The SMILES string of the molecule is C/C(=N\NC(=S)NCCN1CCOCC1)c1ccc[nH]1. The van der Waals surface area contributed by atoms with Gasteiger partial charge in [-0.1, -0.05) is 0 Å². The molecule has 0 atom stereocenters. The van der Waals surface area contributed by atoms with Gasteiger partial charge >= 0.3 is 0 Å². The molecule has 0 saturated carbocycles. The van der Waals surface area contributed by atoms with Crippen LogP contribution >= 0.6 is 12.2 Å². The van der Waals surface area contributed by atoms with Crippen LogP contribution in [-0.4, -0.2) is 60.1 Å². The lowest BCUT2D eigenvalue weighted by Crippen LogP contribution is -2.42. The summed E-state index contributed by atoms with van der Waals surface area (Å²) in [4.78, 5) is 5.45. The van der Waals surface area contributed by atoms with Crippen molar-refractivity contribution in [2.24, 2.45) is 5.10 Å². The van der Waals surface area contributed by atoms with Gasteiger partial charge in [0.15, 0.2) is 5.11 Å². The van der Waals surface area contributed by atoms with Crippen molar-refractivity contribution >= 4 is 23.0 Å². The molecule has 6 nitrogen and oxygen atoms in total. The van der Waals surface area contributed by atoms with E-state index in [1.165, 1.54) is 0 Å². The first-order chi connectivity index (χ1) is 9.75. The number of rotatable bonds is 5. The Balaban J connectivity index is 1.64. The smallest absolute Gasteiger partial charge is 0.187 e. The lowest BCUT2D eigenvalue weighted by molar-refractivity contribution is 0.0389. The average Bonchev–Trinajstić information content (AvgIpc) is 3.00. The Kier molecular flexibility index (Phi) is 5.97. The van der Waals surface area contributed by atoms with E-state index < -0.39 is 0 Å². The molecule has 1 fully saturated rings. The van der Waals surface area contributed by atoms with Gasteiger partial charge in [0, 0.05) is 32.4 Å². The van der Waals surface area contributed by atoms with Gasteiger partial charge in [-0.15, -0.1) is 0 Å². The number of hydrogen-bond acceptors (Lipinski definition) is 4. The summed E-state index contributed by atoms with van der Waals surface area (Å²) in [5, 5.41) is 7.93. The van der Waals surface area contributed by atoms with Crippen molar-refractivity contribution < 1.29 is 4.74 Å². The number of morpholine rings is 1. The second-order valence-corrected chi connectivity index (χ2v) is 5.01. The highest BCUT2D eigenvalue weighted by Crippen LogP contribution is 1.96. The van der Waals surface area contributed by atoms with Crippen LogP contribution in [0.2, 0.25) is 0 Å². The molecule has 1 aliphatic heterocycles. The number of H-pyrrole nitrogens is 1. The van der Waals surface area contributed by atoms with Crippen molar-refractivity contribution in [1.82, 2.24) is 20.6 Å². The van der Waals surface area contributed by atoms with Crippen LogP contribution < -0.4 is 10.7 Å². The number of hydrazone groups is 1. The van der Waals surface area contributed by atoms with Crippen LogP contribution in [0.1, 0.15) is 12.6 Å². The molecular weight excluding hydrogens is 274 g/mol. The number of nitrogens with zero attached hydrogens (tertiary/aromatic N) is 2. The molecule has 2 heterocycles. The molecule has 0 aromatic carbocycles. The fraction of sp³-hybridized carbons (Fsp3) is 0.538. The fourth-order valence-electron chi connectivity index (χ4n) is 1.94. The molecule has 0 radical (unpaired) electrons. The highest BCUT2D eigenvalue weighted by Gasteiger charge is 2.09. The Morgan fingerprint density at radius 3 is 3.00 bits per heavy atom. The van der Waals surface area contributed by atoms with Crippen molar-refractivity contribution in [3.8, 4) is 0 Å². The lowest BCUT2D eigenvalue weighted by Gasteiger charge is -2.26. The van der Waals surface area contributed by atoms with Crippen LogP contribution in [0.4, 0.5) is 0 Å². The van der Waals surface area contributed by atoms with Gasteiger partial charge in [-0.25, -0.2) is 0 Å². The molecule has 2 rings (SSSR count). The highest BCUT2D eigenvalue weighted by molar-refractivity contribution is 7.80. The summed E-state index contributed by atoms with van der Waals surface area (Å²) >= 11 is 5.19. The van der Waals surface area contributed by atoms with E-state index in [0.717, 1.165) is 50.8 Å². The molecule has 0 unspecified atom stereocenters. The van der Waals surface area contributed by atoms with Gasteiger partial charge in [0.05, 0.1) is 24.6 Å². The molecule has 1 saturated heterocycles. The summed E-state index contributed by atoms with van der Waals surface area (Å²) in [5.41, 5.74) is 4.70. The molecule has 3 N–H and O–H groups in total. The molecule has 110 valence electrons. The second-order valence-electron chi connectivity index (χ2n) is 4.60. The largest absolute Gasteiger partial charge is 0.379 e. The van der Waals surface area contributed by atoms with E-state index in [4.69, 9.17) is 17.0 Å².